The molecule has 2 amide bonds. The molecule has 1 aliphatic carbocycles. The normalized spacial score (nSPS) is 24.5. The molecule has 128 valence electrons. The predicted molar refractivity (Wildman–Crippen MR) is 87.6 cm³/mol. The summed E-state index contributed by atoms with van der Waals surface area (Å²) in [6, 6.07) is 7.02. The van der Waals surface area contributed by atoms with Crippen molar-refractivity contribution in [3.8, 4) is 0 Å². The second kappa shape index (κ2) is 6.09. The minimum atomic E-state index is -0.993. The van der Waals surface area contributed by atoms with E-state index >= 15 is 0 Å². The van der Waals surface area contributed by atoms with E-state index in [4.69, 9.17) is 11.6 Å². The Morgan fingerprint density at radius 1 is 1.21 bits per heavy atom. The Morgan fingerprint density at radius 3 is 2.33 bits per heavy atom. The van der Waals surface area contributed by atoms with Crippen LogP contribution in [0.25, 0.3) is 0 Å². The number of aliphatic carboxylic acids is 1. The van der Waals surface area contributed by atoms with E-state index in [-0.39, 0.29) is 24.3 Å². The number of benzene rings is 1. The van der Waals surface area contributed by atoms with Gasteiger partial charge in [0.15, 0.2) is 0 Å². The molecule has 6 nitrogen and oxygen atoms in total. The summed E-state index contributed by atoms with van der Waals surface area (Å²) in [6.07, 6.45) is 1.04. The molecule has 0 bridgehead atoms. The first-order valence-electron chi connectivity index (χ1n) is 7.89. The van der Waals surface area contributed by atoms with Gasteiger partial charge in [-0.05, 0) is 30.5 Å². The number of carboxylic acid groups (broad SMARTS) is 1. The summed E-state index contributed by atoms with van der Waals surface area (Å²) in [5, 5.41) is 12.6. The minimum absolute atomic E-state index is 0.125. The van der Waals surface area contributed by atoms with Crippen molar-refractivity contribution in [3.63, 3.8) is 0 Å². The van der Waals surface area contributed by atoms with Gasteiger partial charge in [-0.3, -0.25) is 14.4 Å². The fourth-order valence-corrected chi connectivity index (χ4v) is 3.60. The average molecular weight is 351 g/mol. The van der Waals surface area contributed by atoms with Gasteiger partial charge in [0.25, 0.3) is 0 Å². The van der Waals surface area contributed by atoms with E-state index in [0.29, 0.717) is 24.4 Å². The second-order valence-corrected chi connectivity index (χ2v) is 6.91. The number of carbonyl (C=O) groups is 3. The zero-order chi connectivity index (χ0) is 17.5. The van der Waals surface area contributed by atoms with Gasteiger partial charge in [0.05, 0.1) is 5.92 Å². The van der Waals surface area contributed by atoms with Crippen LogP contribution in [0.2, 0.25) is 5.02 Å². The molecular formula is C17H19ClN2O4. The lowest BCUT2D eigenvalue weighted by atomic mass is 9.89. The lowest BCUT2D eigenvalue weighted by molar-refractivity contribution is -0.144. The molecule has 3 rings (SSSR count). The fraction of sp³-hybridized carbons (Fsp3) is 0.471. The Balaban J connectivity index is 1.83. The van der Waals surface area contributed by atoms with Gasteiger partial charge in [-0.25, -0.2) is 0 Å². The van der Waals surface area contributed by atoms with Crippen molar-refractivity contribution in [2.45, 2.75) is 18.8 Å². The number of hydrogen-bond acceptors (Lipinski definition) is 3. The largest absolute Gasteiger partial charge is 0.481 e. The van der Waals surface area contributed by atoms with Crippen LogP contribution in [-0.4, -0.2) is 47.9 Å². The van der Waals surface area contributed by atoms with Crippen LogP contribution in [0.3, 0.4) is 0 Å². The molecule has 2 atom stereocenters. The van der Waals surface area contributed by atoms with Gasteiger partial charge in [-0.1, -0.05) is 23.7 Å². The number of halogens is 1. The quantitative estimate of drug-likeness (QED) is 0.805. The van der Waals surface area contributed by atoms with Gasteiger partial charge >= 0.3 is 5.97 Å². The lowest BCUT2D eigenvalue weighted by Crippen LogP contribution is -2.43. The van der Waals surface area contributed by atoms with Crippen molar-refractivity contribution in [2.75, 3.05) is 20.1 Å². The molecule has 1 saturated heterocycles. The molecule has 1 aromatic rings. The molecule has 0 aromatic heterocycles. The van der Waals surface area contributed by atoms with E-state index < -0.39 is 17.3 Å². The van der Waals surface area contributed by atoms with Crippen LogP contribution >= 0.6 is 11.6 Å². The first kappa shape index (κ1) is 16.8. The molecule has 1 aliphatic heterocycles. The Bertz CT molecular complexity index is 684. The smallest absolute Gasteiger partial charge is 0.308 e. The molecule has 0 spiro atoms. The summed E-state index contributed by atoms with van der Waals surface area (Å²) in [5.41, 5.74) is -0.154. The zero-order valence-corrected chi connectivity index (χ0v) is 14.0. The number of carbonyl (C=O) groups excluding carboxylic acids is 2. The third-order valence-corrected chi connectivity index (χ3v) is 5.30. The van der Waals surface area contributed by atoms with E-state index in [9.17, 15) is 19.5 Å². The van der Waals surface area contributed by atoms with E-state index in [0.717, 1.165) is 5.56 Å². The third kappa shape index (κ3) is 2.75. The number of rotatable bonds is 4. The molecule has 2 fully saturated rings. The number of carboxylic acids is 1. The van der Waals surface area contributed by atoms with E-state index in [1.165, 1.54) is 11.9 Å². The van der Waals surface area contributed by atoms with E-state index in [1.54, 1.807) is 24.3 Å². The molecule has 1 heterocycles. The van der Waals surface area contributed by atoms with Crippen molar-refractivity contribution < 1.29 is 19.5 Å². The number of amides is 2. The molecule has 1 saturated carbocycles. The topological polar surface area (TPSA) is 86.7 Å². The van der Waals surface area contributed by atoms with Gasteiger partial charge in [-0.2, -0.15) is 0 Å². The van der Waals surface area contributed by atoms with Crippen LogP contribution in [-0.2, 0) is 14.4 Å². The van der Waals surface area contributed by atoms with Crippen LogP contribution in [0.1, 0.15) is 24.3 Å². The van der Waals surface area contributed by atoms with Crippen LogP contribution in [0.4, 0.5) is 0 Å². The van der Waals surface area contributed by atoms with Gasteiger partial charge in [0.1, 0.15) is 5.41 Å². The zero-order valence-electron chi connectivity index (χ0n) is 13.3. The standard InChI is InChI=1S/C17H19ClN2O4/c1-19-15(23)17(6-7-17)16(24)20-8-12(13(9-20)14(21)22)10-2-4-11(18)5-3-10/h2-5,12-13H,6-9H2,1H3,(H,19,23)(H,21,22)/t12-,13+/m0/s1. The molecule has 2 N–H and O–H groups in total. The van der Waals surface area contributed by atoms with E-state index in [1.807, 2.05) is 0 Å². The van der Waals surface area contributed by atoms with Gasteiger partial charge in [-0.15, -0.1) is 0 Å². The summed E-state index contributed by atoms with van der Waals surface area (Å²) in [5.74, 6) is -2.46. The highest BCUT2D eigenvalue weighted by atomic mass is 35.5. The highest BCUT2D eigenvalue weighted by Crippen LogP contribution is 2.49. The summed E-state index contributed by atoms with van der Waals surface area (Å²) in [4.78, 5) is 37.9. The molecule has 7 heteroatoms. The van der Waals surface area contributed by atoms with Crippen LogP contribution in [0.15, 0.2) is 24.3 Å². The molecule has 0 radical (unpaired) electrons. The summed E-state index contributed by atoms with van der Waals surface area (Å²) < 4.78 is 0. The highest BCUT2D eigenvalue weighted by Gasteiger charge is 2.59. The van der Waals surface area contributed by atoms with Crippen LogP contribution in [0, 0.1) is 11.3 Å². The molecule has 0 unspecified atom stereocenters. The number of nitrogens with one attached hydrogen (secondary N) is 1. The highest BCUT2D eigenvalue weighted by molar-refractivity contribution is 6.30. The number of hydrogen-bond donors (Lipinski definition) is 2. The predicted octanol–water partition coefficient (Wildman–Crippen LogP) is 1.49. The Labute approximate surface area is 144 Å². The van der Waals surface area contributed by atoms with Gasteiger partial charge < -0.3 is 15.3 Å². The van der Waals surface area contributed by atoms with E-state index in [2.05, 4.69) is 5.32 Å². The van der Waals surface area contributed by atoms with Crippen LogP contribution in [0.5, 0.6) is 0 Å². The van der Waals surface area contributed by atoms with Crippen molar-refractivity contribution in [1.29, 1.82) is 0 Å². The summed E-state index contributed by atoms with van der Waals surface area (Å²) in [7, 11) is 1.51. The first-order chi connectivity index (χ1) is 11.4. The van der Waals surface area contributed by atoms with Gasteiger partial charge in [0.2, 0.25) is 11.8 Å². The maximum atomic E-state index is 12.8. The maximum absolute atomic E-state index is 12.8. The van der Waals surface area contributed by atoms with Crippen molar-refractivity contribution >= 4 is 29.4 Å². The monoisotopic (exact) mass is 350 g/mol. The average Bonchev–Trinajstić information content (AvgIpc) is 3.26. The molecule has 1 aromatic carbocycles. The summed E-state index contributed by atoms with van der Waals surface area (Å²) >= 11 is 5.89. The molecular weight excluding hydrogens is 332 g/mol. The lowest BCUT2D eigenvalue weighted by Gasteiger charge is -2.22. The Kier molecular flexibility index (Phi) is 4.25. The number of nitrogens with zero attached hydrogens (tertiary/aromatic N) is 1. The van der Waals surface area contributed by atoms with Crippen molar-refractivity contribution in [3.05, 3.63) is 34.9 Å². The number of likely N-dealkylation sites (tertiary alicyclic amines) is 1. The van der Waals surface area contributed by atoms with Gasteiger partial charge in [0, 0.05) is 31.1 Å². The summed E-state index contributed by atoms with van der Waals surface area (Å²) in [6.45, 7) is 0.427. The Hall–Kier alpha value is -2.08. The first-order valence-corrected chi connectivity index (χ1v) is 8.26. The fourth-order valence-electron chi connectivity index (χ4n) is 3.47. The van der Waals surface area contributed by atoms with Crippen molar-refractivity contribution in [1.82, 2.24) is 10.2 Å². The minimum Gasteiger partial charge on any atom is -0.481 e. The maximum Gasteiger partial charge on any atom is 0.308 e. The van der Waals surface area contributed by atoms with Crippen LogP contribution < -0.4 is 5.32 Å². The SMILES string of the molecule is CNC(=O)C1(C(=O)N2C[C@@H](C(=O)O)[C@H](c3ccc(Cl)cc3)C2)CC1. The molecule has 24 heavy (non-hydrogen) atoms. The second-order valence-electron chi connectivity index (χ2n) is 6.47. The Morgan fingerprint density at radius 2 is 1.83 bits per heavy atom. The van der Waals surface area contributed by atoms with Crippen molar-refractivity contribution in [2.24, 2.45) is 11.3 Å². The molecule has 2 aliphatic rings. The third-order valence-electron chi connectivity index (χ3n) is 5.04.